The van der Waals surface area contributed by atoms with Crippen LogP contribution in [0.5, 0.6) is 0 Å². The van der Waals surface area contributed by atoms with E-state index in [2.05, 4.69) is 10.0 Å². The van der Waals surface area contributed by atoms with Crippen molar-refractivity contribution in [1.29, 1.82) is 0 Å². The summed E-state index contributed by atoms with van der Waals surface area (Å²) >= 11 is 0. The fourth-order valence-electron chi connectivity index (χ4n) is 3.50. The number of halogens is 1. The third-order valence-electron chi connectivity index (χ3n) is 5.24. The van der Waals surface area contributed by atoms with Gasteiger partial charge < -0.3 is 15.0 Å². The van der Waals surface area contributed by atoms with E-state index in [9.17, 15) is 17.6 Å². The molecule has 1 aliphatic rings. The highest BCUT2D eigenvalue weighted by atomic mass is 32.2. The number of hydrogen-bond donors (Lipinski definition) is 2. The number of amides is 1. The maximum absolute atomic E-state index is 13.6. The molecule has 3 rings (SSSR count). The number of nitrogens with zero attached hydrogens (tertiary/aromatic N) is 1. The molecule has 7 nitrogen and oxygen atoms in total. The van der Waals surface area contributed by atoms with Crippen molar-refractivity contribution in [2.75, 3.05) is 33.8 Å². The second-order valence-electron chi connectivity index (χ2n) is 7.76. The Kier molecular flexibility index (Phi) is 7.77. The molecule has 168 valence electrons. The van der Waals surface area contributed by atoms with Gasteiger partial charge in [-0.05, 0) is 62.8 Å². The van der Waals surface area contributed by atoms with Crippen LogP contribution in [0.15, 0.2) is 53.4 Å². The highest BCUT2D eigenvalue weighted by Crippen LogP contribution is 2.19. The van der Waals surface area contributed by atoms with Crippen LogP contribution in [0.4, 0.5) is 4.39 Å². The first kappa shape index (κ1) is 23.3. The first-order valence-electron chi connectivity index (χ1n) is 10.2. The van der Waals surface area contributed by atoms with Gasteiger partial charge in [0.1, 0.15) is 5.82 Å². The van der Waals surface area contributed by atoms with Crippen molar-refractivity contribution in [3.63, 3.8) is 0 Å². The molecule has 9 heteroatoms. The molecule has 0 radical (unpaired) electrons. The van der Waals surface area contributed by atoms with Gasteiger partial charge in [0.25, 0.3) is 5.91 Å². The monoisotopic (exact) mass is 449 g/mol. The number of carbonyl (C=O) groups is 1. The van der Waals surface area contributed by atoms with Gasteiger partial charge in [0.15, 0.2) is 0 Å². The molecule has 2 atom stereocenters. The van der Waals surface area contributed by atoms with E-state index in [0.717, 1.165) is 18.4 Å². The summed E-state index contributed by atoms with van der Waals surface area (Å²) in [5, 5.41) is 2.82. The fourth-order valence-corrected chi connectivity index (χ4v) is 4.61. The second kappa shape index (κ2) is 10.3. The number of nitrogens with one attached hydrogen (secondary N) is 2. The zero-order valence-corrected chi connectivity index (χ0v) is 18.5. The fraction of sp³-hybridized carbons (Fsp3) is 0.409. The van der Waals surface area contributed by atoms with Gasteiger partial charge in [-0.25, -0.2) is 17.5 Å². The van der Waals surface area contributed by atoms with Gasteiger partial charge in [-0.15, -0.1) is 0 Å². The SMILES string of the molecule is CN(C)[C@H](CNC(=O)c1cccc(S(=O)(=O)NC[C@H]2CCCO2)c1)c1cccc(F)c1. The minimum absolute atomic E-state index is 0.0208. The van der Waals surface area contributed by atoms with Gasteiger partial charge in [0.05, 0.1) is 17.0 Å². The summed E-state index contributed by atoms with van der Waals surface area (Å²) in [4.78, 5) is 14.6. The molecule has 1 aliphatic heterocycles. The highest BCUT2D eigenvalue weighted by molar-refractivity contribution is 7.89. The van der Waals surface area contributed by atoms with Crippen LogP contribution in [0.1, 0.15) is 34.8 Å². The molecule has 31 heavy (non-hydrogen) atoms. The number of ether oxygens (including phenoxy) is 1. The van der Waals surface area contributed by atoms with Crippen LogP contribution in [0, 0.1) is 5.82 Å². The van der Waals surface area contributed by atoms with Crippen molar-refractivity contribution in [2.45, 2.75) is 29.9 Å². The van der Waals surface area contributed by atoms with E-state index in [1.165, 1.54) is 30.3 Å². The molecule has 2 N–H and O–H groups in total. The van der Waals surface area contributed by atoms with Crippen molar-refractivity contribution in [2.24, 2.45) is 0 Å². The minimum atomic E-state index is -3.76. The third-order valence-corrected chi connectivity index (χ3v) is 6.67. The molecule has 2 aromatic rings. The number of rotatable bonds is 9. The lowest BCUT2D eigenvalue weighted by molar-refractivity contribution is 0.0941. The van der Waals surface area contributed by atoms with Crippen LogP contribution in [0.3, 0.4) is 0 Å². The first-order chi connectivity index (χ1) is 14.8. The Bertz CT molecular complexity index is 1010. The zero-order chi connectivity index (χ0) is 22.4. The predicted molar refractivity (Wildman–Crippen MR) is 116 cm³/mol. The largest absolute Gasteiger partial charge is 0.377 e. The number of hydrogen-bond acceptors (Lipinski definition) is 5. The van der Waals surface area contributed by atoms with Crippen molar-refractivity contribution >= 4 is 15.9 Å². The quantitative estimate of drug-likeness (QED) is 0.614. The van der Waals surface area contributed by atoms with E-state index in [4.69, 9.17) is 4.74 Å². The average molecular weight is 450 g/mol. The Balaban J connectivity index is 1.66. The second-order valence-corrected chi connectivity index (χ2v) is 9.53. The molecule has 1 saturated heterocycles. The van der Waals surface area contributed by atoms with Crippen LogP contribution in [-0.2, 0) is 14.8 Å². The molecule has 0 aliphatic carbocycles. The van der Waals surface area contributed by atoms with E-state index in [1.54, 1.807) is 18.2 Å². The summed E-state index contributed by atoms with van der Waals surface area (Å²) in [6.07, 6.45) is 1.63. The summed E-state index contributed by atoms with van der Waals surface area (Å²) in [5.74, 6) is -0.747. The average Bonchev–Trinajstić information content (AvgIpc) is 3.26. The Labute approximate surface area is 182 Å². The number of likely N-dealkylation sites (N-methyl/N-ethyl adjacent to an activating group) is 1. The normalized spacial score (nSPS) is 17.6. The summed E-state index contributed by atoms with van der Waals surface area (Å²) in [5.41, 5.74) is 0.969. The summed E-state index contributed by atoms with van der Waals surface area (Å²) in [6, 6.07) is 11.9. The first-order valence-corrected chi connectivity index (χ1v) is 11.7. The number of carbonyl (C=O) groups excluding carboxylic acids is 1. The van der Waals surface area contributed by atoms with E-state index < -0.39 is 15.9 Å². The Morgan fingerprint density at radius 2 is 2.00 bits per heavy atom. The Morgan fingerprint density at radius 3 is 2.68 bits per heavy atom. The lowest BCUT2D eigenvalue weighted by Crippen LogP contribution is -2.35. The van der Waals surface area contributed by atoms with Crippen LogP contribution in [0.25, 0.3) is 0 Å². The molecule has 0 aromatic heterocycles. The standard InChI is InChI=1S/C22H28FN3O4S/c1-26(2)21(16-6-3-8-18(23)12-16)15-24-22(27)17-7-4-10-20(13-17)31(28,29)25-14-19-9-5-11-30-19/h3-4,6-8,10,12-13,19,21,25H,5,9,11,14-15H2,1-2H3,(H,24,27)/t19-,21-/m1/s1. The molecule has 1 amide bonds. The zero-order valence-electron chi connectivity index (χ0n) is 17.7. The van der Waals surface area contributed by atoms with Gasteiger partial charge in [0, 0.05) is 25.3 Å². The molecule has 0 unspecified atom stereocenters. The third kappa shape index (κ3) is 6.33. The minimum Gasteiger partial charge on any atom is -0.377 e. The molecule has 2 aromatic carbocycles. The van der Waals surface area contributed by atoms with Crippen molar-refractivity contribution in [3.05, 3.63) is 65.5 Å². The van der Waals surface area contributed by atoms with E-state index in [-0.39, 0.29) is 41.5 Å². The van der Waals surface area contributed by atoms with Crippen LogP contribution in [0.2, 0.25) is 0 Å². The van der Waals surface area contributed by atoms with Crippen molar-refractivity contribution < 1.29 is 22.3 Å². The van der Waals surface area contributed by atoms with Gasteiger partial charge in [-0.2, -0.15) is 0 Å². The molecular formula is C22H28FN3O4S. The number of benzene rings is 2. The summed E-state index contributed by atoms with van der Waals surface area (Å²) < 4.78 is 46.8. The topological polar surface area (TPSA) is 87.7 Å². The maximum atomic E-state index is 13.6. The smallest absolute Gasteiger partial charge is 0.251 e. The van der Waals surface area contributed by atoms with Crippen LogP contribution in [-0.4, -0.2) is 59.1 Å². The molecule has 1 heterocycles. The highest BCUT2D eigenvalue weighted by Gasteiger charge is 2.22. The predicted octanol–water partition coefficient (Wildman–Crippen LogP) is 2.32. The van der Waals surface area contributed by atoms with E-state index in [0.29, 0.717) is 6.61 Å². The van der Waals surface area contributed by atoms with Crippen LogP contribution >= 0.6 is 0 Å². The summed E-state index contributed by atoms with van der Waals surface area (Å²) in [6.45, 7) is 1.09. The molecule has 0 bridgehead atoms. The van der Waals surface area contributed by atoms with E-state index in [1.807, 2.05) is 19.0 Å². The Hall–Kier alpha value is -2.33. The lowest BCUT2D eigenvalue weighted by Gasteiger charge is -2.25. The Morgan fingerprint density at radius 1 is 1.23 bits per heavy atom. The van der Waals surface area contributed by atoms with Gasteiger partial charge >= 0.3 is 0 Å². The van der Waals surface area contributed by atoms with Gasteiger partial charge in [0.2, 0.25) is 10.0 Å². The number of sulfonamides is 1. The molecule has 0 spiro atoms. The van der Waals surface area contributed by atoms with Crippen molar-refractivity contribution in [3.8, 4) is 0 Å². The van der Waals surface area contributed by atoms with Crippen molar-refractivity contribution in [1.82, 2.24) is 14.9 Å². The molecule has 1 fully saturated rings. The lowest BCUT2D eigenvalue weighted by atomic mass is 10.1. The summed E-state index contributed by atoms with van der Waals surface area (Å²) in [7, 11) is -0.0723. The van der Waals surface area contributed by atoms with Crippen LogP contribution < -0.4 is 10.0 Å². The van der Waals surface area contributed by atoms with Gasteiger partial charge in [-0.3, -0.25) is 4.79 Å². The molecule has 0 saturated carbocycles. The van der Waals surface area contributed by atoms with E-state index >= 15 is 0 Å². The van der Waals surface area contributed by atoms with Gasteiger partial charge in [-0.1, -0.05) is 18.2 Å². The molecular weight excluding hydrogens is 421 g/mol. The maximum Gasteiger partial charge on any atom is 0.251 e.